The van der Waals surface area contributed by atoms with Crippen LogP contribution in [0.4, 0.5) is 0 Å². The molecular weight excluding hydrogens is 286 g/mol. The Morgan fingerprint density at radius 2 is 1.81 bits per heavy atom. The minimum Gasteiger partial charge on any atom is -0.271 e. The third kappa shape index (κ3) is 3.01. The molecule has 0 aliphatic rings. The van der Waals surface area contributed by atoms with Crippen molar-refractivity contribution in [3.8, 4) is 0 Å². The Bertz CT molecular complexity index is 721. The van der Waals surface area contributed by atoms with Gasteiger partial charge in [-0.15, -0.1) is 0 Å². The molecule has 0 aliphatic heterocycles. The van der Waals surface area contributed by atoms with Crippen LogP contribution in [0, 0.1) is 13.8 Å². The van der Waals surface area contributed by atoms with E-state index in [0.717, 1.165) is 5.56 Å². The lowest BCUT2D eigenvalue weighted by Gasteiger charge is -2.20. The largest absolute Gasteiger partial charge is 0.271 e. The van der Waals surface area contributed by atoms with Crippen molar-refractivity contribution in [2.24, 2.45) is 7.05 Å². The average molecular weight is 307 g/mol. The van der Waals surface area contributed by atoms with E-state index in [4.69, 9.17) is 0 Å². The van der Waals surface area contributed by atoms with E-state index in [9.17, 15) is 8.42 Å². The van der Waals surface area contributed by atoms with Crippen LogP contribution in [0.25, 0.3) is 0 Å². The molecule has 1 aromatic carbocycles. The smallest absolute Gasteiger partial charge is 0.247 e. The Morgan fingerprint density at radius 3 is 2.29 bits per heavy atom. The van der Waals surface area contributed by atoms with Gasteiger partial charge in [-0.3, -0.25) is 4.68 Å². The number of benzene rings is 1. The number of sulfonamides is 1. The van der Waals surface area contributed by atoms with Gasteiger partial charge in [0.05, 0.1) is 11.4 Å². The number of hydrogen-bond acceptors (Lipinski definition) is 3. The second-order valence-electron chi connectivity index (χ2n) is 5.04. The molecule has 0 amide bonds. The molecule has 2 aromatic rings. The first-order valence-corrected chi connectivity index (χ1v) is 8.36. The summed E-state index contributed by atoms with van der Waals surface area (Å²) in [7, 11) is -1.78. The van der Waals surface area contributed by atoms with Gasteiger partial charge in [0.2, 0.25) is 10.0 Å². The summed E-state index contributed by atoms with van der Waals surface area (Å²) < 4.78 is 28.9. The highest BCUT2D eigenvalue weighted by Gasteiger charge is 2.29. The Kier molecular flexibility index (Phi) is 4.49. The van der Waals surface area contributed by atoms with Crippen LogP contribution in [0.15, 0.2) is 35.2 Å². The van der Waals surface area contributed by atoms with Crippen molar-refractivity contribution in [2.75, 3.05) is 6.54 Å². The normalized spacial score (nSPS) is 12.0. The highest BCUT2D eigenvalue weighted by atomic mass is 32.2. The van der Waals surface area contributed by atoms with Crippen LogP contribution in [-0.2, 0) is 23.6 Å². The summed E-state index contributed by atoms with van der Waals surface area (Å²) in [6.07, 6.45) is 0. The maximum absolute atomic E-state index is 12.9. The Morgan fingerprint density at radius 1 is 1.19 bits per heavy atom. The third-order valence-corrected chi connectivity index (χ3v) is 5.77. The lowest BCUT2D eigenvalue weighted by molar-refractivity contribution is 0.422. The van der Waals surface area contributed by atoms with E-state index in [1.807, 2.05) is 37.3 Å². The van der Waals surface area contributed by atoms with Gasteiger partial charge in [0.25, 0.3) is 0 Å². The Balaban J connectivity index is 2.41. The zero-order valence-electron chi connectivity index (χ0n) is 12.9. The van der Waals surface area contributed by atoms with Gasteiger partial charge in [0.15, 0.2) is 0 Å². The van der Waals surface area contributed by atoms with Crippen molar-refractivity contribution in [2.45, 2.75) is 32.2 Å². The van der Waals surface area contributed by atoms with Gasteiger partial charge >= 0.3 is 0 Å². The maximum atomic E-state index is 12.9. The number of nitrogens with zero attached hydrogens (tertiary/aromatic N) is 3. The fourth-order valence-corrected chi connectivity index (χ4v) is 4.25. The van der Waals surface area contributed by atoms with Crippen molar-refractivity contribution in [3.05, 3.63) is 47.3 Å². The van der Waals surface area contributed by atoms with Gasteiger partial charge in [-0.2, -0.15) is 9.40 Å². The second kappa shape index (κ2) is 5.99. The summed E-state index contributed by atoms with van der Waals surface area (Å²) in [4.78, 5) is 0.322. The predicted octanol–water partition coefficient (Wildman–Crippen LogP) is 2.25. The van der Waals surface area contributed by atoms with E-state index < -0.39 is 10.0 Å². The number of hydrogen-bond donors (Lipinski definition) is 0. The van der Waals surface area contributed by atoms with Gasteiger partial charge < -0.3 is 0 Å². The molecule has 0 aliphatic carbocycles. The van der Waals surface area contributed by atoms with Crippen LogP contribution in [0.2, 0.25) is 0 Å². The van der Waals surface area contributed by atoms with Gasteiger partial charge in [0.1, 0.15) is 4.90 Å². The Hall–Kier alpha value is -1.66. The topological polar surface area (TPSA) is 55.2 Å². The van der Waals surface area contributed by atoms with E-state index >= 15 is 0 Å². The average Bonchev–Trinajstić information content (AvgIpc) is 2.70. The summed E-state index contributed by atoms with van der Waals surface area (Å²) >= 11 is 0. The molecule has 1 aromatic heterocycles. The molecule has 21 heavy (non-hydrogen) atoms. The molecule has 0 saturated carbocycles. The van der Waals surface area contributed by atoms with E-state index in [2.05, 4.69) is 5.10 Å². The first-order chi connectivity index (χ1) is 9.87. The molecule has 5 nitrogen and oxygen atoms in total. The molecule has 0 saturated heterocycles. The van der Waals surface area contributed by atoms with Crippen molar-refractivity contribution in [3.63, 3.8) is 0 Å². The molecule has 114 valence electrons. The van der Waals surface area contributed by atoms with Crippen molar-refractivity contribution < 1.29 is 8.42 Å². The molecule has 0 spiro atoms. The van der Waals surface area contributed by atoms with Crippen molar-refractivity contribution >= 4 is 10.0 Å². The van der Waals surface area contributed by atoms with Gasteiger partial charge in [-0.1, -0.05) is 37.3 Å². The summed E-state index contributed by atoms with van der Waals surface area (Å²) in [5, 5.41) is 4.21. The molecule has 0 N–H and O–H groups in total. The van der Waals surface area contributed by atoms with Crippen LogP contribution in [0.1, 0.15) is 23.9 Å². The monoisotopic (exact) mass is 307 g/mol. The zero-order valence-corrected chi connectivity index (χ0v) is 13.7. The fraction of sp³-hybridized carbons (Fsp3) is 0.400. The first kappa shape index (κ1) is 15.7. The lowest BCUT2D eigenvalue weighted by Crippen LogP contribution is -2.31. The van der Waals surface area contributed by atoms with Crippen LogP contribution >= 0.6 is 0 Å². The number of aromatic nitrogens is 2. The SMILES string of the molecule is CCN(Cc1ccccc1)S(=O)(=O)c1c(C)nn(C)c1C. The summed E-state index contributed by atoms with van der Waals surface area (Å²) in [6, 6.07) is 9.61. The predicted molar refractivity (Wildman–Crippen MR) is 82.4 cm³/mol. The fourth-order valence-electron chi connectivity index (χ4n) is 2.41. The molecular formula is C15H21N3O2S. The van der Waals surface area contributed by atoms with E-state index in [1.54, 1.807) is 25.6 Å². The van der Waals surface area contributed by atoms with Gasteiger partial charge in [0, 0.05) is 20.1 Å². The molecule has 2 rings (SSSR count). The van der Waals surface area contributed by atoms with E-state index in [0.29, 0.717) is 29.4 Å². The zero-order chi connectivity index (χ0) is 15.6. The molecule has 0 unspecified atom stereocenters. The number of aryl methyl sites for hydroxylation is 2. The van der Waals surface area contributed by atoms with E-state index in [1.165, 1.54) is 4.31 Å². The minimum absolute atomic E-state index is 0.322. The standard InChI is InChI=1S/C15H21N3O2S/c1-5-18(11-14-9-7-6-8-10-14)21(19,20)15-12(2)16-17(4)13(15)3/h6-10H,5,11H2,1-4H3. The molecule has 0 bridgehead atoms. The summed E-state index contributed by atoms with van der Waals surface area (Å²) in [6.45, 7) is 6.15. The lowest BCUT2D eigenvalue weighted by atomic mass is 10.2. The Labute approximate surface area is 126 Å². The summed E-state index contributed by atoms with van der Waals surface area (Å²) in [5.74, 6) is 0. The molecule has 0 radical (unpaired) electrons. The maximum Gasteiger partial charge on any atom is 0.247 e. The second-order valence-corrected chi connectivity index (χ2v) is 6.92. The van der Waals surface area contributed by atoms with Crippen molar-refractivity contribution in [1.29, 1.82) is 0 Å². The first-order valence-electron chi connectivity index (χ1n) is 6.92. The van der Waals surface area contributed by atoms with Crippen LogP contribution in [0.3, 0.4) is 0 Å². The summed E-state index contributed by atoms with van der Waals surface area (Å²) in [5.41, 5.74) is 2.18. The molecule has 6 heteroatoms. The highest BCUT2D eigenvalue weighted by molar-refractivity contribution is 7.89. The van der Waals surface area contributed by atoms with Crippen molar-refractivity contribution in [1.82, 2.24) is 14.1 Å². The molecule has 1 heterocycles. The third-order valence-electron chi connectivity index (χ3n) is 3.59. The highest BCUT2D eigenvalue weighted by Crippen LogP contribution is 2.24. The van der Waals surface area contributed by atoms with Crippen LogP contribution < -0.4 is 0 Å². The van der Waals surface area contributed by atoms with Crippen LogP contribution in [-0.4, -0.2) is 29.0 Å². The number of rotatable bonds is 5. The van der Waals surface area contributed by atoms with Gasteiger partial charge in [-0.05, 0) is 19.4 Å². The quantitative estimate of drug-likeness (QED) is 0.851. The van der Waals surface area contributed by atoms with E-state index in [-0.39, 0.29) is 0 Å². The van der Waals surface area contributed by atoms with Crippen LogP contribution in [0.5, 0.6) is 0 Å². The molecule has 0 fully saturated rings. The van der Waals surface area contributed by atoms with Gasteiger partial charge in [-0.25, -0.2) is 8.42 Å². The molecule has 0 atom stereocenters. The minimum atomic E-state index is -3.54.